The molecule has 8 heteroatoms. The highest BCUT2D eigenvalue weighted by molar-refractivity contribution is 6.36. The quantitative estimate of drug-likeness (QED) is 0.704. The molecule has 0 spiro atoms. The Kier molecular flexibility index (Phi) is 6.42. The molecule has 0 aliphatic carbocycles. The molecule has 6 nitrogen and oxygen atoms in total. The van der Waals surface area contributed by atoms with Crippen LogP contribution in [0.25, 0.3) is 11.4 Å². The summed E-state index contributed by atoms with van der Waals surface area (Å²) in [5.41, 5.74) is 0.692. The lowest BCUT2D eigenvalue weighted by Crippen LogP contribution is -2.46. The second-order valence-electron chi connectivity index (χ2n) is 8.22. The molecule has 0 saturated carbocycles. The fraction of sp³-hybridized carbons (Fsp3) is 0.571. The number of carbonyl (C=O) groups is 1. The van der Waals surface area contributed by atoms with E-state index in [2.05, 4.69) is 26.9 Å². The van der Waals surface area contributed by atoms with E-state index in [1.165, 1.54) is 0 Å². The summed E-state index contributed by atoms with van der Waals surface area (Å²) in [6.45, 7) is 6.26. The van der Waals surface area contributed by atoms with Crippen LogP contribution in [0.15, 0.2) is 22.7 Å². The lowest BCUT2D eigenvalue weighted by Gasteiger charge is -2.37. The predicted molar refractivity (Wildman–Crippen MR) is 113 cm³/mol. The summed E-state index contributed by atoms with van der Waals surface area (Å²) < 4.78 is 5.44. The second kappa shape index (κ2) is 9.02. The molecule has 1 aromatic heterocycles. The molecule has 4 rings (SSSR count). The Labute approximate surface area is 181 Å². The molecule has 2 aromatic rings. The third kappa shape index (κ3) is 4.93. The SMILES string of the molecule is CC1CCN(C(=O)C2CCCN(Cc3nc(-c4ccc(Cl)cc4Cl)no3)C2)CC1. The van der Waals surface area contributed by atoms with E-state index in [1.807, 2.05) is 0 Å². The molecule has 1 aromatic carbocycles. The number of carbonyl (C=O) groups excluding carboxylic acids is 1. The maximum Gasteiger partial charge on any atom is 0.241 e. The first kappa shape index (κ1) is 20.6. The van der Waals surface area contributed by atoms with Crippen LogP contribution in [0.1, 0.15) is 38.5 Å². The van der Waals surface area contributed by atoms with Gasteiger partial charge in [0.05, 0.1) is 17.5 Å². The summed E-state index contributed by atoms with van der Waals surface area (Å²) >= 11 is 12.2. The van der Waals surface area contributed by atoms with Crippen LogP contribution < -0.4 is 0 Å². The fourth-order valence-electron chi connectivity index (χ4n) is 4.18. The van der Waals surface area contributed by atoms with Crippen LogP contribution in [0.3, 0.4) is 0 Å². The van der Waals surface area contributed by atoms with Crippen molar-refractivity contribution >= 4 is 29.1 Å². The summed E-state index contributed by atoms with van der Waals surface area (Å²) in [5.74, 6) is 2.08. The zero-order valence-electron chi connectivity index (χ0n) is 16.6. The molecular weight excluding hydrogens is 411 g/mol. The molecule has 1 atom stereocenters. The van der Waals surface area contributed by atoms with E-state index in [1.54, 1.807) is 18.2 Å². The van der Waals surface area contributed by atoms with Crippen LogP contribution in [0, 0.1) is 11.8 Å². The minimum Gasteiger partial charge on any atom is -0.342 e. The number of benzene rings is 1. The van der Waals surface area contributed by atoms with Gasteiger partial charge in [0.15, 0.2) is 0 Å². The minimum atomic E-state index is 0.0604. The highest BCUT2D eigenvalue weighted by Gasteiger charge is 2.31. The second-order valence-corrected chi connectivity index (χ2v) is 9.06. The van der Waals surface area contributed by atoms with Crippen molar-refractivity contribution in [3.63, 3.8) is 0 Å². The topological polar surface area (TPSA) is 62.5 Å². The molecule has 0 radical (unpaired) electrons. The molecule has 0 N–H and O–H groups in total. The number of aromatic nitrogens is 2. The Hall–Kier alpha value is -1.63. The molecule has 1 amide bonds. The van der Waals surface area contributed by atoms with Crippen molar-refractivity contribution in [3.05, 3.63) is 34.1 Å². The van der Waals surface area contributed by atoms with Gasteiger partial charge in [0, 0.05) is 30.2 Å². The highest BCUT2D eigenvalue weighted by Crippen LogP contribution is 2.29. The zero-order chi connectivity index (χ0) is 20.4. The molecular formula is C21H26Cl2N4O2. The smallest absolute Gasteiger partial charge is 0.241 e. The van der Waals surface area contributed by atoms with Gasteiger partial charge in [-0.15, -0.1) is 0 Å². The van der Waals surface area contributed by atoms with Crippen molar-refractivity contribution in [2.24, 2.45) is 11.8 Å². The van der Waals surface area contributed by atoms with Crippen molar-refractivity contribution in [3.8, 4) is 11.4 Å². The third-order valence-electron chi connectivity index (χ3n) is 5.95. The van der Waals surface area contributed by atoms with E-state index in [4.69, 9.17) is 27.7 Å². The van der Waals surface area contributed by atoms with Gasteiger partial charge in [-0.2, -0.15) is 4.98 Å². The van der Waals surface area contributed by atoms with Gasteiger partial charge < -0.3 is 9.42 Å². The van der Waals surface area contributed by atoms with Gasteiger partial charge in [0.25, 0.3) is 0 Å². The van der Waals surface area contributed by atoms with Gasteiger partial charge in [-0.3, -0.25) is 9.69 Å². The number of likely N-dealkylation sites (tertiary alicyclic amines) is 2. The number of hydrogen-bond donors (Lipinski definition) is 0. The number of halogens is 2. The molecule has 156 valence electrons. The first-order valence-electron chi connectivity index (χ1n) is 10.3. The number of rotatable bonds is 4. The van der Waals surface area contributed by atoms with Crippen LogP contribution in [0.4, 0.5) is 0 Å². The molecule has 2 saturated heterocycles. The van der Waals surface area contributed by atoms with Crippen molar-refractivity contribution in [1.82, 2.24) is 19.9 Å². The number of nitrogens with zero attached hydrogens (tertiary/aromatic N) is 4. The van der Waals surface area contributed by atoms with Crippen molar-refractivity contribution in [1.29, 1.82) is 0 Å². The van der Waals surface area contributed by atoms with Crippen LogP contribution in [0.5, 0.6) is 0 Å². The Morgan fingerprint density at radius 3 is 2.76 bits per heavy atom. The first-order chi connectivity index (χ1) is 14.0. The zero-order valence-corrected chi connectivity index (χ0v) is 18.1. The standard InChI is InChI=1S/C21H26Cl2N4O2/c1-14-6-9-27(10-7-14)21(28)15-3-2-8-26(12-15)13-19-24-20(25-29-19)17-5-4-16(22)11-18(17)23/h4-5,11,14-15H,2-3,6-10,12-13H2,1H3. The first-order valence-corrected chi connectivity index (χ1v) is 11.0. The predicted octanol–water partition coefficient (Wildman–Crippen LogP) is 4.51. The van der Waals surface area contributed by atoms with Crippen LogP contribution in [-0.2, 0) is 11.3 Å². The lowest BCUT2D eigenvalue weighted by molar-refractivity contribution is -0.138. The maximum absolute atomic E-state index is 12.9. The lowest BCUT2D eigenvalue weighted by atomic mass is 9.93. The van der Waals surface area contributed by atoms with Crippen LogP contribution >= 0.6 is 23.2 Å². The van der Waals surface area contributed by atoms with Gasteiger partial charge >= 0.3 is 0 Å². The number of hydrogen-bond acceptors (Lipinski definition) is 5. The Bertz CT molecular complexity index is 864. The van der Waals surface area contributed by atoms with E-state index in [0.717, 1.165) is 57.8 Å². The molecule has 2 aliphatic rings. The van der Waals surface area contributed by atoms with Gasteiger partial charge in [0.1, 0.15) is 0 Å². The summed E-state index contributed by atoms with van der Waals surface area (Å²) in [6.07, 6.45) is 4.18. The van der Waals surface area contributed by atoms with Gasteiger partial charge in [-0.25, -0.2) is 0 Å². The number of amides is 1. The summed E-state index contributed by atoms with van der Waals surface area (Å²) in [5, 5.41) is 5.12. The van der Waals surface area contributed by atoms with Gasteiger partial charge in [-0.1, -0.05) is 35.3 Å². The van der Waals surface area contributed by atoms with Crippen LogP contribution in [-0.4, -0.2) is 52.0 Å². The van der Waals surface area contributed by atoms with Crippen molar-refractivity contribution in [2.45, 2.75) is 39.2 Å². The average Bonchev–Trinajstić information content (AvgIpc) is 3.16. The summed E-state index contributed by atoms with van der Waals surface area (Å²) in [7, 11) is 0. The molecule has 0 bridgehead atoms. The number of piperidine rings is 2. The van der Waals surface area contributed by atoms with E-state index >= 15 is 0 Å². The van der Waals surface area contributed by atoms with E-state index < -0.39 is 0 Å². The van der Waals surface area contributed by atoms with Gasteiger partial charge in [-0.05, 0) is 56.3 Å². The van der Waals surface area contributed by atoms with Crippen molar-refractivity contribution in [2.75, 3.05) is 26.2 Å². The van der Waals surface area contributed by atoms with E-state index in [0.29, 0.717) is 39.8 Å². The summed E-state index contributed by atoms with van der Waals surface area (Å²) in [6, 6.07) is 5.20. The summed E-state index contributed by atoms with van der Waals surface area (Å²) in [4.78, 5) is 21.7. The fourth-order valence-corrected chi connectivity index (χ4v) is 4.67. The van der Waals surface area contributed by atoms with Crippen molar-refractivity contribution < 1.29 is 9.32 Å². The van der Waals surface area contributed by atoms with Gasteiger partial charge in [0.2, 0.25) is 17.6 Å². The highest BCUT2D eigenvalue weighted by atomic mass is 35.5. The van der Waals surface area contributed by atoms with Crippen LogP contribution in [0.2, 0.25) is 10.0 Å². The minimum absolute atomic E-state index is 0.0604. The maximum atomic E-state index is 12.9. The largest absolute Gasteiger partial charge is 0.342 e. The Balaban J connectivity index is 1.37. The molecule has 3 heterocycles. The monoisotopic (exact) mass is 436 g/mol. The van der Waals surface area contributed by atoms with E-state index in [9.17, 15) is 4.79 Å². The molecule has 2 fully saturated rings. The Morgan fingerprint density at radius 2 is 2.00 bits per heavy atom. The normalized spacial score (nSPS) is 21.5. The van der Waals surface area contributed by atoms with E-state index in [-0.39, 0.29) is 5.92 Å². The molecule has 29 heavy (non-hydrogen) atoms. The molecule has 2 aliphatic heterocycles. The average molecular weight is 437 g/mol. The molecule has 1 unspecified atom stereocenters. The third-order valence-corrected chi connectivity index (χ3v) is 6.50. The Morgan fingerprint density at radius 1 is 1.21 bits per heavy atom.